The summed E-state index contributed by atoms with van der Waals surface area (Å²) in [6.07, 6.45) is 0.857. The molecule has 72 valence electrons. The second-order valence-electron chi connectivity index (χ2n) is 3.06. The van der Waals surface area contributed by atoms with E-state index in [9.17, 15) is 8.42 Å². The molecule has 6 atom stereocenters. The smallest absolute Gasteiger partial charge is 0.158 e. The van der Waals surface area contributed by atoms with E-state index in [0.717, 1.165) is 6.42 Å². The number of hydrogen-bond donors (Lipinski definition) is 0. The summed E-state index contributed by atoms with van der Waals surface area (Å²) in [5.74, 6) is 0.771. The Morgan fingerprint density at radius 1 is 1.58 bits per heavy atom. The molecule has 0 N–H and O–H groups in total. The van der Waals surface area contributed by atoms with Crippen molar-refractivity contribution in [3.8, 4) is 0 Å². The van der Waals surface area contributed by atoms with Gasteiger partial charge in [-0.1, -0.05) is 14.9 Å². The fourth-order valence-corrected chi connectivity index (χ4v) is 14.0. The van der Waals surface area contributed by atoms with Gasteiger partial charge in [-0.05, 0) is 19.6 Å². The van der Waals surface area contributed by atoms with Crippen LogP contribution in [-0.4, -0.2) is 19.2 Å². The van der Waals surface area contributed by atoms with Crippen LogP contribution in [0.15, 0.2) is 0 Å². The SMILES string of the molecule is CC1CCS(=O)(=O)C1P(P)PP. The average Bonchev–Trinajstić information content (AvgIpc) is 2.25. The van der Waals surface area contributed by atoms with Crippen molar-refractivity contribution in [1.29, 1.82) is 0 Å². The monoisotopic (exact) mass is 262 g/mol. The van der Waals surface area contributed by atoms with Gasteiger partial charge in [-0.2, -0.15) is 0 Å². The van der Waals surface area contributed by atoms with Gasteiger partial charge in [0.15, 0.2) is 9.84 Å². The molecule has 0 spiro atoms. The Labute approximate surface area is 81.6 Å². The van der Waals surface area contributed by atoms with E-state index in [1.807, 2.05) is 0 Å². The highest BCUT2D eigenvalue weighted by Gasteiger charge is 2.40. The van der Waals surface area contributed by atoms with Crippen molar-refractivity contribution >= 4 is 43.0 Å². The number of rotatable bonds is 2. The molecular formula is C5H14O2P4S. The predicted molar refractivity (Wildman–Crippen MR) is 66.0 cm³/mol. The van der Waals surface area contributed by atoms with Crippen LogP contribution in [0.2, 0.25) is 0 Å². The van der Waals surface area contributed by atoms with E-state index in [4.69, 9.17) is 0 Å². The summed E-state index contributed by atoms with van der Waals surface area (Å²) < 4.78 is 23.1. The van der Waals surface area contributed by atoms with Crippen LogP contribution >= 0.6 is 33.1 Å². The lowest BCUT2D eigenvalue weighted by atomic mass is 10.2. The van der Waals surface area contributed by atoms with Gasteiger partial charge < -0.3 is 0 Å². The Morgan fingerprint density at radius 3 is 2.50 bits per heavy atom. The maximum absolute atomic E-state index is 11.6. The third-order valence-electron chi connectivity index (χ3n) is 2.14. The number of sulfone groups is 1. The molecule has 1 aliphatic rings. The van der Waals surface area contributed by atoms with Crippen LogP contribution in [0.4, 0.5) is 0 Å². The van der Waals surface area contributed by atoms with E-state index in [0.29, 0.717) is 19.6 Å². The van der Waals surface area contributed by atoms with E-state index in [-0.39, 0.29) is 12.3 Å². The lowest BCUT2D eigenvalue weighted by molar-refractivity contribution is 0.593. The van der Waals surface area contributed by atoms with Crippen molar-refractivity contribution in [2.75, 3.05) is 5.75 Å². The van der Waals surface area contributed by atoms with Gasteiger partial charge in [-0.3, -0.25) is 0 Å². The average molecular weight is 262 g/mol. The minimum Gasteiger partial charge on any atom is -0.228 e. The maximum Gasteiger partial charge on any atom is 0.158 e. The molecule has 0 aromatic heterocycles. The molecule has 0 aromatic carbocycles. The number of hydrogen-bond acceptors (Lipinski definition) is 2. The molecular weight excluding hydrogens is 248 g/mol. The topological polar surface area (TPSA) is 34.1 Å². The Bertz CT molecular complexity index is 252. The van der Waals surface area contributed by atoms with Crippen molar-refractivity contribution in [2.45, 2.75) is 18.3 Å². The predicted octanol–water partition coefficient (Wildman–Crippen LogP) is 2.42. The molecule has 1 aliphatic heterocycles. The van der Waals surface area contributed by atoms with Gasteiger partial charge >= 0.3 is 0 Å². The van der Waals surface area contributed by atoms with Crippen LogP contribution in [-0.2, 0) is 9.84 Å². The summed E-state index contributed by atoms with van der Waals surface area (Å²) in [5, 5.41) is 0. The first-order valence-electron chi connectivity index (χ1n) is 3.71. The lowest BCUT2D eigenvalue weighted by Gasteiger charge is -2.20. The summed E-state index contributed by atoms with van der Waals surface area (Å²) in [6, 6.07) is 0. The highest BCUT2D eigenvalue weighted by atomic mass is 32.6. The van der Waals surface area contributed by atoms with Gasteiger partial charge in [0.1, 0.15) is 0 Å². The maximum atomic E-state index is 11.6. The largest absolute Gasteiger partial charge is 0.228 e. The summed E-state index contributed by atoms with van der Waals surface area (Å²) in [7, 11) is 2.94. The molecule has 1 fully saturated rings. The standard InChI is InChI=1S/C5H14O2P4S/c1-4-2-3-12(6,7)5(4)11(9)10-8/h4-5,10H,2-3,8-9H2,1H3. The lowest BCUT2D eigenvalue weighted by Crippen LogP contribution is -2.15. The minimum absolute atomic E-state index is 0.0478. The third kappa shape index (κ3) is 2.37. The quantitative estimate of drug-likeness (QED) is 0.716. The second-order valence-corrected chi connectivity index (χ2v) is 15.1. The molecule has 0 amide bonds. The summed E-state index contributed by atoms with van der Waals surface area (Å²) in [5.41, 5.74) is 0. The first-order chi connectivity index (χ1) is 5.49. The highest BCUT2D eigenvalue weighted by molar-refractivity contribution is 8.62. The van der Waals surface area contributed by atoms with Crippen LogP contribution in [0.25, 0.3) is 0 Å². The van der Waals surface area contributed by atoms with Crippen LogP contribution in [0, 0.1) is 5.92 Å². The van der Waals surface area contributed by atoms with Crippen molar-refractivity contribution in [3.05, 3.63) is 0 Å². The summed E-state index contributed by atoms with van der Waals surface area (Å²) >= 11 is 0. The molecule has 2 nitrogen and oxygen atoms in total. The molecule has 0 bridgehead atoms. The highest BCUT2D eigenvalue weighted by Crippen LogP contribution is 2.72. The second kappa shape index (κ2) is 4.46. The van der Waals surface area contributed by atoms with Gasteiger partial charge in [-0.25, -0.2) is 8.42 Å². The van der Waals surface area contributed by atoms with Gasteiger partial charge in [0, 0.05) is 0 Å². The fourth-order valence-electron chi connectivity index (χ4n) is 1.49. The van der Waals surface area contributed by atoms with Crippen LogP contribution in [0.3, 0.4) is 0 Å². The third-order valence-corrected chi connectivity index (χ3v) is 17.8. The van der Waals surface area contributed by atoms with E-state index < -0.39 is 9.84 Å². The van der Waals surface area contributed by atoms with Crippen molar-refractivity contribution in [1.82, 2.24) is 0 Å². The van der Waals surface area contributed by atoms with E-state index in [2.05, 4.69) is 24.8 Å². The Morgan fingerprint density at radius 2 is 2.17 bits per heavy atom. The van der Waals surface area contributed by atoms with Gasteiger partial charge in [0.25, 0.3) is 0 Å². The Kier molecular flexibility index (Phi) is 4.36. The molecule has 1 saturated heterocycles. The van der Waals surface area contributed by atoms with Crippen molar-refractivity contribution in [2.24, 2.45) is 5.92 Å². The van der Waals surface area contributed by atoms with Gasteiger partial charge in [0.2, 0.25) is 0 Å². The molecule has 1 rings (SSSR count). The zero-order chi connectivity index (χ0) is 9.35. The van der Waals surface area contributed by atoms with Crippen molar-refractivity contribution < 1.29 is 8.42 Å². The zero-order valence-electron chi connectivity index (χ0n) is 6.90. The molecule has 0 aromatic rings. The normalized spacial score (nSPS) is 37.6. The molecule has 0 saturated carbocycles. The Balaban J connectivity index is 2.85. The summed E-state index contributed by atoms with van der Waals surface area (Å²) in [6.45, 7) is 2.05. The van der Waals surface area contributed by atoms with Crippen LogP contribution in [0.1, 0.15) is 13.3 Å². The molecule has 1 heterocycles. The molecule has 7 heteroatoms. The molecule has 0 aliphatic carbocycles. The van der Waals surface area contributed by atoms with Crippen LogP contribution in [0.5, 0.6) is 0 Å². The molecule has 12 heavy (non-hydrogen) atoms. The fraction of sp³-hybridized carbons (Fsp3) is 1.00. The van der Waals surface area contributed by atoms with Crippen LogP contribution < -0.4 is 0 Å². The first-order valence-corrected chi connectivity index (χ1v) is 12.1. The van der Waals surface area contributed by atoms with Gasteiger partial charge in [0.05, 0.1) is 10.7 Å². The minimum atomic E-state index is -2.75. The van der Waals surface area contributed by atoms with E-state index >= 15 is 0 Å². The first kappa shape index (κ1) is 11.7. The van der Waals surface area contributed by atoms with Gasteiger partial charge in [-0.15, -0.1) is 17.9 Å². The molecule has 0 radical (unpaired) electrons. The Hall–Kier alpha value is 1.67. The summed E-state index contributed by atoms with van der Waals surface area (Å²) in [4.78, 5) is -0.0478. The zero-order valence-corrected chi connectivity index (χ0v) is 11.9. The van der Waals surface area contributed by atoms with E-state index in [1.54, 1.807) is 0 Å². The van der Waals surface area contributed by atoms with Crippen molar-refractivity contribution in [3.63, 3.8) is 0 Å². The van der Waals surface area contributed by atoms with E-state index in [1.165, 1.54) is 0 Å². The molecule has 6 unspecified atom stereocenters.